The average Bonchev–Trinajstić information content (AvgIpc) is 3.35. The summed E-state index contributed by atoms with van der Waals surface area (Å²) in [6.45, 7) is 2.33. The van der Waals surface area contributed by atoms with Crippen LogP contribution in [-0.4, -0.2) is 34.8 Å². The maximum atomic E-state index is 13.2. The van der Waals surface area contributed by atoms with Gasteiger partial charge in [0.25, 0.3) is 5.91 Å². The fraction of sp³-hybridized carbons (Fsp3) is 0.174. The number of nitrogens with one attached hydrogen (secondary N) is 1. The third kappa shape index (κ3) is 4.64. The number of hydrogen-bond acceptors (Lipinski definition) is 5. The second-order valence-electron chi connectivity index (χ2n) is 7.33. The van der Waals surface area contributed by atoms with E-state index >= 15 is 0 Å². The van der Waals surface area contributed by atoms with Crippen molar-refractivity contribution < 1.29 is 9.18 Å². The summed E-state index contributed by atoms with van der Waals surface area (Å²) in [4.78, 5) is 19.9. The molecule has 0 saturated carbocycles. The molecule has 4 aromatic rings. The summed E-state index contributed by atoms with van der Waals surface area (Å²) in [5, 5.41) is 7.96. The fourth-order valence-corrected chi connectivity index (χ4v) is 4.10. The summed E-state index contributed by atoms with van der Waals surface area (Å²) in [6.07, 6.45) is 1.66. The molecule has 31 heavy (non-hydrogen) atoms. The first-order valence-electron chi connectivity index (χ1n) is 9.73. The Labute approximate surface area is 184 Å². The number of benzene rings is 2. The largest absolute Gasteiger partial charge is 0.378 e. The van der Waals surface area contributed by atoms with Crippen molar-refractivity contribution in [2.24, 2.45) is 0 Å². The molecule has 0 unspecified atom stereocenters. The molecule has 1 N–H and O–H groups in total. The molecule has 0 aliphatic rings. The number of aryl methyl sites for hydroxylation is 1. The summed E-state index contributed by atoms with van der Waals surface area (Å²) in [5.74, 6) is 0.0606. The standard InChI is InChI=1S/C23H22FN5OS/c1-15-21(31-23(26-15)17-6-8-18(24)9-7-17)22(30)27-20-12-13-25-29(20)14-16-4-10-19(11-5-16)28(2)3/h4-13H,14H2,1-3H3,(H,27,30). The maximum Gasteiger partial charge on any atom is 0.268 e. The highest BCUT2D eigenvalue weighted by Crippen LogP contribution is 2.28. The highest BCUT2D eigenvalue weighted by molar-refractivity contribution is 7.17. The van der Waals surface area contributed by atoms with Crippen LogP contribution in [0, 0.1) is 12.7 Å². The topological polar surface area (TPSA) is 63.1 Å². The zero-order valence-corrected chi connectivity index (χ0v) is 18.3. The highest BCUT2D eigenvalue weighted by atomic mass is 32.1. The van der Waals surface area contributed by atoms with Gasteiger partial charge in [0.15, 0.2) is 0 Å². The van der Waals surface area contributed by atoms with Crippen molar-refractivity contribution in [3.8, 4) is 10.6 Å². The Kier molecular flexibility index (Phi) is 5.81. The summed E-state index contributed by atoms with van der Waals surface area (Å²) in [6, 6.07) is 16.0. The highest BCUT2D eigenvalue weighted by Gasteiger charge is 2.18. The molecule has 0 radical (unpaired) electrons. The van der Waals surface area contributed by atoms with Crippen LogP contribution in [0.1, 0.15) is 20.9 Å². The van der Waals surface area contributed by atoms with Gasteiger partial charge in [-0.05, 0) is 48.9 Å². The Balaban J connectivity index is 1.50. The van der Waals surface area contributed by atoms with Crippen molar-refractivity contribution in [2.75, 3.05) is 24.3 Å². The van der Waals surface area contributed by atoms with Crippen molar-refractivity contribution in [1.29, 1.82) is 0 Å². The van der Waals surface area contributed by atoms with Crippen LogP contribution in [0.5, 0.6) is 0 Å². The molecular formula is C23H22FN5OS. The van der Waals surface area contributed by atoms with E-state index in [2.05, 4.69) is 27.5 Å². The van der Waals surface area contributed by atoms with Gasteiger partial charge in [-0.25, -0.2) is 14.1 Å². The number of carbonyl (C=O) groups excluding carboxylic acids is 1. The number of carbonyl (C=O) groups is 1. The van der Waals surface area contributed by atoms with E-state index in [1.165, 1.54) is 23.5 Å². The zero-order chi connectivity index (χ0) is 22.0. The van der Waals surface area contributed by atoms with Crippen molar-refractivity contribution in [2.45, 2.75) is 13.5 Å². The van der Waals surface area contributed by atoms with Gasteiger partial charge >= 0.3 is 0 Å². The monoisotopic (exact) mass is 435 g/mol. The molecule has 0 fully saturated rings. The van der Waals surface area contributed by atoms with Crippen LogP contribution >= 0.6 is 11.3 Å². The van der Waals surface area contributed by atoms with Crippen LogP contribution in [0.15, 0.2) is 60.8 Å². The minimum absolute atomic E-state index is 0.243. The summed E-state index contributed by atoms with van der Waals surface area (Å²) in [7, 11) is 4.00. The van der Waals surface area contributed by atoms with E-state index in [1.807, 2.05) is 31.1 Å². The van der Waals surface area contributed by atoms with E-state index in [9.17, 15) is 9.18 Å². The summed E-state index contributed by atoms with van der Waals surface area (Å²) < 4.78 is 14.9. The molecule has 8 heteroatoms. The van der Waals surface area contributed by atoms with E-state index in [-0.39, 0.29) is 11.7 Å². The van der Waals surface area contributed by atoms with Gasteiger partial charge in [0, 0.05) is 31.4 Å². The molecule has 0 aliphatic heterocycles. The van der Waals surface area contributed by atoms with Crippen LogP contribution in [0.4, 0.5) is 15.9 Å². The number of anilines is 2. The summed E-state index contributed by atoms with van der Waals surface area (Å²) in [5.41, 5.74) is 3.61. The van der Waals surface area contributed by atoms with E-state index in [0.717, 1.165) is 16.8 Å². The van der Waals surface area contributed by atoms with Crippen molar-refractivity contribution in [1.82, 2.24) is 14.8 Å². The molecule has 1 amide bonds. The normalized spacial score (nSPS) is 10.8. The van der Waals surface area contributed by atoms with E-state index in [0.29, 0.717) is 27.9 Å². The average molecular weight is 436 g/mol. The van der Waals surface area contributed by atoms with E-state index in [4.69, 9.17) is 0 Å². The van der Waals surface area contributed by atoms with Crippen molar-refractivity contribution in [3.63, 3.8) is 0 Å². The van der Waals surface area contributed by atoms with Crippen LogP contribution in [-0.2, 0) is 6.54 Å². The Bertz CT molecular complexity index is 1200. The third-order valence-corrected chi connectivity index (χ3v) is 6.04. The lowest BCUT2D eigenvalue weighted by atomic mass is 10.2. The predicted octanol–water partition coefficient (Wildman–Crippen LogP) is 4.82. The molecule has 2 aromatic carbocycles. The molecule has 2 aromatic heterocycles. The predicted molar refractivity (Wildman–Crippen MR) is 122 cm³/mol. The first-order chi connectivity index (χ1) is 14.9. The number of thiazole rings is 1. The number of nitrogens with zero attached hydrogens (tertiary/aromatic N) is 4. The molecule has 2 heterocycles. The van der Waals surface area contributed by atoms with Gasteiger partial charge in [-0.1, -0.05) is 12.1 Å². The Morgan fingerprint density at radius 3 is 2.48 bits per heavy atom. The summed E-state index contributed by atoms with van der Waals surface area (Å²) >= 11 is 1.28. The quantitative estimate of drug-likeness (QED) is 0.472. The maximum absolute atomic E-state index is 13.2. The first kappa shape index (κ1) is 20.7. The van der Waals surface area contributed by atoms with Crippen LogP contribution in [0.25, 0.3) is 10.6 Å². The van der Waals surface area contributed by atoms with Crippen molar-refractivity contribution >= 4 is 28.7 Å². The molecule has 0 spiro atoms. The number of aromatic nitrogens is 3. The minimum Gasteiger partial charge on any atom is -0.378 e. The molecule has 0 bridgehead atoms. The minimum atomic E-state index is -0.306. The molecule has 6 nitrogen and oxygen atoms in total. The van der Waals surface area contributed by atoms with Gasteiger partial charge in [0.05, 0.1) is 18.4 Å². The molecule has 4 rings (SSSR count). The van der Waals surface area contributed by atoms with Crippen LogP contribution in [0.3, 0.4) is 0 Å². The van der Waals surface area contributed by atoms with Gasteiger partial charge in [0.1, 0.15) is 21.5 Å². The Hall–Kier alpha value is -3.52. The van der Waals surface area contributed by atoms with Gasteiger partial charge in [-0.15, -0.1) is 11.3 Å². The van der Waals surface area contributed by atoms with Gasteiger partial charge in [-0.2, -0.15) is 5.10 Å². The number of halogens is 1. The molecular weight excluding hydrogens is 413 g/mol. The van der Waals surface area contributed by atoms with Crippen LogP contribution < -0.4 is 10.2 Å². The molecule has 0 atom stereocenters. The smallest absolute Gasteiger partial charge is 0.268 e. The lowest BCUT2D eigenvalue weighted by molar-refractivity contribution is 0.102. The molecule has 158 valence electrons. The first-order valence-corrected chi connectivity index (χ1v) is 10.5. The van der Waals surface area contributed by atoms with Crippen molar-refractivity contribution in [3.05, 3.63) is 82.7 Å². The Morgan fingerprint density at radius 2 is 1.81 bits per heavy atom. The molecule has 0 aliphatic carbocycles. The van der Waals surface area contributed by atoms with Gasteiger partial charge < -0.3 is 10.2 Å². The van der Waals surface area contributed by atoms with Gasteiger partial charge in [-0.3, -0.25) is 4.79 Å². The van der Waals surface area contributed by atoms with Gasteiger partial charge in [0.2, 0.25) is 0 Å². The molecule has 0 saturated heterocycles. The van der Waals surface area contributed by atoms with Crippen LogP contribution in [0.2, 0.25) is 0 Å². The fourth-order valence-electron chi connectivity index (χ4n) is 3.13. The lowest BCUT2D eigenvalue weighted by Crippen LogP contribution is -2.16. The zero-order valence-electron chi connectivity index (χ0n) is 17.5. The third-order valence-electron chi connectivity index (χ3n) is 4.84. The SMILES string of the molecule is Cc1nc(-c2ccc(F)cc2)sc1C(=O)Nc1ccnn1Cc1ccc(N(C)C)cc1. The number of amides is 1. The second-order valence-corrected chi connectivity index (χ2v) is 8.33. The van der Waals surface area contributed by atoms with E-state index < -0.39 is 0 Å². The number of hydrogen-bond donors (Lipinski definition) is 1. The second kappa shape index (κ2) is 8.69. The lowest BCUT2D eigenvalue weighted by Gasteiger charge is -2.13. The number of rotatable bonds is 6. The van der Waals surface area contributed by atoms with E-state index in [1.54, 1.807) is 36.0 Å². The Morgan fingerprint density at radius 1 is 1.10 bits per heavy atom.